The Labute approximate surface area is 249 Å². The average molecular weight is 588 g/mol. The van der Waals surface area contributed by atoms with E-state index in [-0.39, 0.29) is 12.6 Å². The van der Waals surface area contributed by atoms with Crippen LogP contribution in [0.5, 0.6) is 0 Å². The van der Waals surface area contributed by atoms with E-state index in [0.29, 0.717) is 29.6 Å². The number of hydrogen-bond acceptors (Lipinski definition) is 8. The number of aromatic nitrogens is 8. The number of H-pyrrole nitrogens is 2. The number of tetrazole rings is 1. The molecule has 2 aromatic carbocycles. The summed E-state index contributed by atoms with van der Waals surface area (Å²) in [5.74, 6) is 1.79. The van der Waals surface area contributed by atoms with Crippen molar-refractivity contribution in [1.29, 1.82) is 0 Å². The van der Waals surface area contributed by atoms with Crippen LogP contribution in [0.3, 0.4) is 0 Å². The predicted molar refractivity (Wildman–Crippen MR) is 160 cm³/mol. The molecule has 1 atom stereocenters. The van der Waals surface area contributed by atoms with Crippen LogP contribution in [0.4, 0.5) is 0 Å². The van der Waals surface area contributed by atoms with E-state index in [1.165, 1.54) is 0 Å². The number of aryl methyl sites for hydroxylation is 1. The van der Waals surface area contributed by atoms with Gasteiger partial charge in [0.1, 0.15) is 24.3 Å². The molecule has 218 valence electrons. The summed E-state index contributed by atoms with van der Waals surface area (Å²) in [7, 11) is 3.69. The monoisotopic (exact) mass is 587 g/mol. The van der Waals surface area contributed by atoms with Crippen LogP contribution >= 0.6 is 11.6 Å². The highest BCUT2D eigenvalue weighted by Crippen LogP contribution is 2.30. The summed E-state index contributed by atoms with van der Waals surface area (Å²) in [6.07, 6.45) is 6.60. The van der Waals surface area contributed by atoms with Gasteiger partial charge in [0.15, 0.2) is 5.15 Å². The molecule has 0 fully saturated rings. The maximum atomic E-state index is 13.1. The minimum Gasteiger partial charge on any atom is -0.458 e. The molecular weight excluding hydrogens is 554 g/mol. The van der Waals surface area contributed by atoms with Crippen molar-refractivity contribution in [3.8, 4) is 22.5 Å². The highest BCUT2D eigenvalue weighted by molar-refractivity contribution is 6.30. The van der Waals surface area contributed by atoms with Gasteiger partial charge in [0.25, 0.3) is 0 Å². The van der Waals surface area contributed by atoms with Crippen LogP contribution in [-0.4, -0.2) is 71.1 Å². The van der Waals surface area contributed by atoms with Crippen molar-refractivity contribution in [2.75, 3.05) is 14.1 Å². The smallest absolute Gasteiger partial charge is 0.324 e. The molecule has 0 saturated carbocycles. The van der Waals surface area contributed by atoms with Crippen molar-refractivity contribution < 1.29 is 9.53 Å². The number of aromatic amines is 2. The third-order valence-corrected chi connectivity index (χ3v) is 7.47. The number of ether oxygens (including phenoxy) is 1. The molecule has 12 heteroatoms. The molecule has 0 radical (unpaired) electrons. The molecule has 0 bridgehead atoms. The molecule has 42 heavy (non-hydrogen) atoms. The van der Waals surface area contributed by atoms with E-state index >= 15 is 0 Å². The lowest BCUT2D eigenvalue weighted by molar-refractivity contribution is -0.150. The lowest BCUT2D eigenvalue weighted by Gasteiger charge is -2.22. The number of unbranched alkanes of at least 4 members (excludes halogenated alkanes) is 1. The molecule has 0 unspecified atom stereocenters. The normalized spacial score (nSPS) is 12.1. The van der Waals surface area contributed by atoms with Crippen molar-refractivity contribution in [2.45, 2.75) is 51.8 Å². The number of nitrogens with one attached hydrogen (secondary N) is 2. The van der Waals surface area contributed by atoms with E-state index < -0.39 is 6.04 Å². The Kier molecular flexibility index (Phi) is 9.40. The summed E-state index contributed by atoms with van der Waals surface area (Å²) >= 11 is 6.64. The van der Waals surface area contributed by atoms with Crippen LogP contribution in [0.2, 0.25) is 5.15 Å². The van der Waals surface area contributed by atoms with Crippen LogP contribution < -0.4 is 0 Å². The van der Waals surface area contributed by atoms with E-state index in [1.807, 2.05) is 43.3 Å². The number of imidazole rings is 2. The fraction of sp³-hybridized carbons (Fsp3) is 0.333. The SMILES string of the molecule is CCCCc1nc(Cl)c(COC(=O)[C@@H](Cc2ncc[nH]2)N(C)C)n1Cc1ccc(-c2ccccc2-c2nn[nH]n2)cc1. The largest absolute Gasteiger partial charge is 0.458 e. The molecule has 0 amide bonds. The van der Waals surface area contributed by atoms with Crippen LogP contribution in [0.15, 0.2) is 60.9 Å². The zero-order chi connectivity index (χ0) is 29.5. The number of likely N-dealkylation sites (N-methyl/N-ethyl adjacent to an activating group) is 1. The number of hydrogen-bond donors (Lipinski definition) is 2. The first-order valence-electron chi connectivity index (χ1n) is 13.9. The van der Waals surface area contributed by atoms with Gasteiger partial charge in [0, 0.05) is 37.3 Å². The van der Waals surface area contributed by atoms with Crippen molar-refractivity contribution >= 4 is 17.6 Å². The maximum absolute atomic E-state index is 13.1. The van der Waals surface area contributed by atoms with Crippen LogP contribution in [0.1, 0.15) is 42.7 Å². The van der Waals surface area contributed by atoms with Crippen molar-refractivity contribution in [3.63, 3.8) is 0 Å². The second-order valence-corrected chi connectivity index (χ2v) is 10.6. The third kappa shape index (κ3) is 6.75. The fourth-order valence-electron chi connectivity index (χ4n) is 4.84. The van der Waals surface area contributed by atoms with Crippen LogP contribution in [0.25, 0.3) is 22.5 Å². The Morgan fingerprint density at radius 3 is 2.57 bits per heavy atom. The molecule has 0 aliphatic heterocycles. The van der Waals surface area contributed by atoms with E-state index in [2.05, 4.69) is 71.3 Å². The lowest BCUT2D eigenvalue weighted by Crippen LogP contribution is -2.39. The minimum atomic E-state index is -0.492. The molecule has 0 saturated heterocycles. The minimum absolute atomic E-state index is 0.0233. The average Bonchev–Trinajstić information content (AvgIpc) is 3.77. The number of halogens is 1. The zero-order valence-electron chi connectivity index (χ0n) is 23.9. The van der Waals surface area contributed by atoms with Gasteiger partial charge >= 0.3 is 5.97 Å². The molecule has 11 nitrogen and oxygen atoms in total. The summed E-state index contributed by atoms with van der Waals surface area (Å²) in [6.45, 7) is 2.71. The Morgan fingerprint density at radius 1 is 1.12 bits per heavy atom. The second-order valence-electron chi connectivity index (χ2n) is 10.3. The van der Waals surface area contributed by atoms with Gasteiger partial charge in [-0.2, -0.15) is 5.21 Å². The Morgan fingerprint density at radius 2 is 1.90 bits per heavy atom. The van der Waals surface area contributed by atoms with Gasteiger partial charge in [-0.1, -0.05) is 73.5 Å². The van der Waals surface area contributed by atoms with Gasteiger partial charge in [-0.05, 0) is 42.4 Å². The number of carbonyl (C=O) groups is 1. The Bertz CT molecular complexity index is 1580. The number of carbonyl (C=O) groups excluding carboxylic acids is 1. The third-order valence-electron chi connectivity index (χ3n) is 7.16. The number of rotatable bonds is 13. The quantitative estimate of drug-likeness (QED) is 0.189. The van der Waals surface area contributed by atoms with E-state index in [1.54, 1.807) is 12.4 Å². The maximum Gasteiger partial charge on any atom is 0.324 e. The predicted octanol–water partition coefficient (Wildman–Crippen LogP) is 4.71. The molecule has 0 spiro atoms. The summed E-state index contributed by atoms with van der Waals surface area (Å²) in [4.78, 5) is 26.9. The number of esters is 1. The number of nitrogens with zero attached hydrogens (tertiary/aromatic N) is 7. The highest BCUT2D eigenvalue weighted by Gasteiger charge is 2.26. The van der Waals surface area contributed by atoms with E-state index in [4.69, 9.17) is 16.3 Å². The molecule has 5 rings (SSSR count). The lowest BCUT2D eigenvalue weighted by atomic mass is 9.98. The zero-order valence-corrected chi connectivity index (χ0v) is 24.7. The first kappa shape index (κ1) is 29.2. The standard InChI is InChI=1S/C30H34ClN9O2/c1-4-5-10-27-34-28(31)25(19-42-30(41)24(39(2)3)17-26-32-15-16-33-26)40(27)18-20-11-13-21(14-12-20)22-8-6-7-9-23(22)29-35-37-38-36-29/h6-9,11-16,24H,4-5,10,17-19H2,1-3H3,(H,32,33)(H,35,36,37,38)/t24-/m1/s1. The summed E-state index contributed by atoms with van der Waals surface area (Å²) in [5, 5.41) is 14.9. The van der Waals surface area contributed by atoms with Gasteiger partial charge in [-0.25, -0.2) is 9.97 Å². The Balaban J connectivity index is 1.36. The summed E-state index contributed by atoms with van der Waals surface area (Å²) in [6, 6.07) is 15.8. The Hall–Kier alpha value is -4.35. The van der Waals surface area contributed by atoms with Gasteiger partial charge in [0.05, 0.1) is 5.69 Å². The van der Waals surface area contributed by atoms with E-state index in [0.717, 1.165) is 53.2 Å². The highest BCUT2D eigenvalue weighted by atomic mass is 35.5. The molecule has 0 aliphatic rings. The van der Waals surface area contributed by atoms with E-state index in [9.17, 15) is 4.79 Å². The topological polar surface area (TPSA) is 130 Å². The van der Waals surface area contributed by atoms with Gasteiger partial charge in [-0.3, -0.25) is 9.69 Å². The van der Waals surface area contributed by atoms with Crippen molar-refractivity contribution in [2.24, 2.45) is 0 Å². The first-order chi connectivity index (χ1) is 20.4. The van der Waals surface area contributed by atoms with Crippen molar-refractivity contribution in [1.82, 2.24) is 45.0 Å². The van der Waals surface area contributed by atoms with Crippen molar-refractivity contribution in [3.05, 3.63) is 89.0 Å². The van der Waals surface area contributed by atoms with Crippen LogP contribution in [0, 0.1) is 0 Å². The summed E-state index contributed by atoms with van der Waals surface area (Å²) in [5.41, 5.74) is 4.69. The van der Waals surface area contributed by atoms with Gasteiger partial charge in [-0.15, -0.1) is 10.2 Å². The molecular formula is C30H34ClN9O2. The fourth-order valence-corrected chi connectivity index (χ4v) is 5.09. The van der Waals surface area contributed by atoms with Gasteiger partial charge in [0.2, 0.25) is 5.82 Å². The molecule has 2 N–H and O–H groups in total. The summed E-state index contributed by atoms with van der Waals surface area (Å²) < 4.78 is 7.89. The van der Waals surface area contributed by atoms with Crippen LogP contribution in [-0.2, 0) is 35.5 Å². The molecule has 0 aliphatic carbocycles. The number of benzene rings is 2. The first-order valence-corrected chi connectivity index (χ1v) is 14.3. The van der Waals surface area contributed by atoms with Gasteiger partial charge < -0.3 is 14.3 Å². The second kappa shape index (κ2) is 13.5. The molecule has 3 aromatic heterocycles. The molecule has 3 heterocycles. The molecule has 5 aromatic rings.